The van der Waals surface area contributed by atoms with Crippen LogP contribution in [-0.2, 0) is 17.8 Å². The van der Waals surface area contributed by atoms with Crippen molar-refractivity contribution in [1.29, 1.82) is 0 Å². The molecule has 174 valence electrons. The van der Waals surface area contributed by atoms with Crippen molar-refractivity contribution in [2.45, 2.75) is 19.1 Å². The molecule has 2 aromatic rings. The summed E-state index contributed by atoms with van der Waals surface area (Å²) in [5, 5.41) is 7.02. The maximum atomic E-state index is 5.57. The predicted octanol–water partition coefficient (Wildman–Crippen LogP) is 2.50. The van der Waals surface area contributed by atoms with Crippen LogP contribution in [0.4, 0.5) is 0 Å². The number of ether oxygens (including phenoxy) is 2. The molecule has 2 aromatic carbocycles. The van der Waals surface area contributed by atoms with E-state index in [9.17, 15) is 0 Å². The number of hydrogen-bond acceptors (Lipinski definition) is 5. The Hall–Kier alpha value is -2.61. The average Bonchev–Trinajstić information content (AvgIpc) is 2.82. The Morgan fingerprint density at radius 3 is 2.38 bits per heavy atom. The average molecular weight is 440 g/mol. The van der Waals surface area contributed by atoms with Crippen molar-refractivity contribution in [3.63, 3.8) is 0 Å². The molecule has 0 spiro atoms. The standard InChI is InChI=1S/C25H37N5O2/c1-26-25(27-17-21-7-5-6-8-22(21)19-29(2)3)28-18-24(30-13-15-32-16-14-30)20-9-11-23(31-4)12-10-20/h5-12,24H,13-19H2,1-4H3,(H2,26,27,28). The van der Waals surface area contributed by atoms with Gasteiger partial charge in [-0.25, -0.2) is 0 Å². The van der Waals surface area contributed by atoms with Crippen LogP contribution in [0.2, 0.25) is 0 Å². The molecule has 1 unspecified atom stereocenters. The van der Waals surface area contributed by atoms with Crippen LogP contribution in [0.3, 0.4) is 0 Å². The van der Waals surface area contributed by atoms with Gasteiger partial charge in [-0.15, -0.1) is 0 Å². The molecule has 0 amide bonds. The maximum absolute atomic E-state index is 5.57. The third-order valence-corrected chi connectivity index (χ3v) is 5.72. The lowest BCUT2D eigenvalue weighted by Gasteiger charge is -2.35. The molecule has 0 radical (unpaired) electrons. The van der Waals surface area contributed by atoms with Crippen LogP contribution in [0.5, 0.6) is 5.75 Å². The second kappa shape index (κ2) is 12.4. The van der Waals surface area contributed by atoms with E-state index in [-0.39, 0.29) is 6.04 Å². The van der Waals surface area contributed by atoms with Crippen molar-refractivity contribution in [2.24, 2.45) is 4.99 Å². The fourth-order valence-electron chi connectivity index (χ4n) is 3.99. The fourth-order valence-corrected chi connectivity index (χ4v) is 3.99. The van der Waals surface area contributed by atoms with Gasteiger partial charge >= 0.3 is 0 Å². The highest BCUT2D eigenvalue weighted by atomic mass is 16.5. The van der Waals surface area contributed by atoms with E-state index in [0.717, 1.165) is 57.6 Å². The zero-order chi connectivity index (χ0) is 22.8. The number of nitrogens with zero attached hydrogens (tertiary/aromatic N) is 3. The number of morpholine rings is 1. The van der Waals surface area contributed by atoms with Crippen LogP contribution >= 0.6 is 0 Å². The van der Waals surface area contributed by atoms with E-state index in [4.69, 9.17) is 9.47 Å². The molecule has 3 rings (SSSR count). The van der Waals surface area contributed by atoms with Gasteiger partial charge in [-0.1, -0.05) is 36.4 Å². The molecule has 1 aliphatic heterocycles. The van der Waals surface area contributed by atoms with Crippen molar-refractivity contribution < 1.29 is 9.47 Å². The van der Waals surface area contributed by atoms with E-state index in [1.807, 2.05) is 19.2 Å². The first-order valence-corrected chi connectivity index (χ1v) is 11.2. The van der Waals surface area contributed by atoms with E-state index in [1.54, 1.807) is 7.11 Å². The lowest BCUT2D eigenvalue weighted by molar-refractivity contribution is 0.0170. The molecule has 7 heteroatoms. The lowest BCUT2D eigenvalue weighted by atomic mass is 10.0. The molecule has 2 N–H and O–H groups in total. The summed E-state index contributed by atoms with van der Waals surface area (Å²) in [7, 11) is 7.70. The van der Waals surface area contributed by atoms with E-state index < -0.39 is 0 Å². The third kappa shape index (κ3) is 6.95. The van der Waals surface area contributed by atoms with Gasteiger partial charge in [-0.2, -0.15) is 0 Å². The summed E-state index contributed by atoms with van der Waals surface area (Å²) in [6.45, 7) is 5.77. The number of guanidine groups is 1. The van der Waals surface area contributed by atoms with E-state index in [2.05, 4.69) is 75.9 Å². The molecule has 1 saturated heterocycles. The smallest absolute Gasteiger partial charge is 0.191 e. The zero-order valence-electron chi connectivity index (χ0n) is 19.8. The summed E-state index contributed by atoms with van der Waals surface area (Å²) in [4.78, 5) is 9.11. The summed E-state index contributed by atoms with van der Waals surface area (Å²) >= 11 is 0. The van der Waals surface area contributed by atoms with Gasteiger partial charge in [0.1, 0.15) is 5.75 Å². The van der Waals surface area contributed by atoms with Gasteiger partial charge in [0, 0.05) is 39.8 Å². The van der Waals surface area contributed by atoms with Crippen molar-refractivity contribution in [3.8, 4) is 5.75 Å². The Bertz CT molecular complexity index is 848. The maximum Gasteiger partial charge on any atom is 0.191 e. The van der Waals surface area contributed by atoms with Crippen LogP contribution in [0, 0.1) is 0 Å². The second-order valence-corrected chi connectivity index (χ2v) is 8.25. The van der Waals surface area contributed by atoms with Crippen LogP contribution in [0.25, 0.3) is 0 Å². The van der Waals surface area contributed by atoms with Crippen molar-refractivity contribution in [1.82, 2.24) is 20.4 Å². The molecule has 1 atom stereocenters. The van der Waals surface area contributed by atoms with E-state index >= 15 is 0 Å². The summed E-state index contributed by atoms with van der Waals surface area (Å²) in [5.41, 5.74) is 3.86. The van der Waals surface area contributed by atoms with Gasteiger partial charge in [-0.05, 0) is 42.9 Å². The lowest BCUT2D eigenvalue weighted by Crippen LogP contribution is -2.46. The van der Waals surface area contributed by atoms with E-state index in [0.29, 0.717) is 0 Å². The Balaban J connectivity index is 1.64. The molecule has 0 saturated carbocycles. The Morgan fingerprint density at radius 2 is 1.75 bits per heavy atom. The minimum absolute atomic E-state index is 0.226. The summed E-state index contributed by atoms with van der Waals surface area (Å²) in [6.07, 6.45) is 0. The molecule has 0 aliphatic carbocycles. The summed E-state index contributed by atoms with van der Waals surface area (Å²) < 4.78 is 10.9. The van der Waals surface area contributed by atoms with Crippen molar-refractivity contribution in [2.75, 3.05) is 61.1 Å². The van der Waals surface area contributed by atoms with Crippen LogP contribution in [-0.4, -0.2) is 76.9 Å². The van der Waals surface area contributed by atoms with Gasteiger partial charge < -0.3 is 25.0 Å². The number of nitrogens with one attached hydrogen (secondary N) is 2. The monoisotopic (exact) mass is 439 g/mol. The molecular weight excluding hydrogens is 402 g/mol. The SMILES string of the molecule is CN=C(NCc1ccccc1CN(C)C)NCC(c1ccc(OC)cc1)N1CCOCC1. The molecule has 1 fully saturated rings. The molecule has 1 heterocycles. The second-order valence-electron chi connectivity index (χ2n) is 8.25. The van der Waals surface area contributed by atoms with Crippen molar-refractivity contribution in [3.05, 3.63) is 65.2 Å². The number of benzene rings is 2. The molecule has 32 heavy (non-hydrogen) atoms. The Labute approximate surface area is 192 Å². The fraction of sp³-hybridized carbons (Fsp3) is 0.480. The van der Waals surface area contributed by atoms with Gasteiger partial charge in [0.15, 0.2) is 5.96 Å². The Morgan fingerprint density at radius 1 is 1.06 bits per heavy atom. The third-order valence-electron chi connectivity index (χ3n) is 5.72. The first kappa shape index (κ1) is 24.0. The van der Waals surface area contributed by atoms with Gasteiger partial charge in [-0.3, -0.25) is 9.89 Å². The van der Waals surface area contributed by atoms with Crippen LogP contribution in [0.1, 0.15) is 22.7 Å². The molecular formula is C25H37N5O2. The van der Waals surface area contributed by atoms with Crippen LogP contribution in [0.15, 0.2) is 53.5 Å². The topological polar surface area (TPSA) is 61.4 Å². The molecule has 1 aliphatic rings. The minimum atomic E-state index is 0.226. The highest BCUT2D eigenvalue weighted by Gasteiger charge is 2.23. The Kier molecular flexibility index (Phi) is 9.34. The summed E-state index contributed by atoms with van der Waals surface area (Å²) in [5.74, 6) is 1.67. The van der Waals surface area contributed by atoms with Crippen LogP contribution < -0.4 is 15.4 Å². The highest BCUT2D eigenvalue weighted by Crippen LogP contribution is 2.23. The largest absolute Gasteiger partial charge is 0.497 e. The first-order valence-electron chi connectivity index (χ1n) is 11.2. The van der Waals surface area contributed by atoms with Gasteiger partial charge in [0.2, 0.25) is 0 Å². The minimum Gasteiger partial charge on any atom is -0.497 e. The zero-order valence-corrected chi connectivity index (χ0v) is 19.8. The van der Waals surface area contributed by atoms with Crippen molar-refractivity contribution >= 4 is 5.96 Å². The number of methoxy groups -OCH3 is 1. The molecule has 7 nitrogen and oxygen atoms in total. The van der Waals surface area contributed by atoms with Gasteiger partial charge in [0.05, 0.1) is 26.4 Å². The highest BCUT2D eigenvalue weighted by molar-refractivity contribution is 5.79. The molecule has 0 bridgehead atoms. The summed E-state index contributed by atoms with van der Waals surface area (Å²) in [6, 6.07) is 17.1. The van der Waals surface area contributed by atoms with Gasteiger partial charge in [0.25, 0.3) is 0 Å². The number of aliphatic imine (C=N–C) groups is 1. The number of rotatable bonds is 9. The predicted molar refractivity (Wildman–Crippen MR) is 130 cm³/mol. The number of hydrogen-bond donors (Lipinski definition) is 2. The van der Waals surface area contributed by atoms with E-state index in [1.165, 1.54) is 16.7 Å². The first-order chi connectivity index (χ1) is 15.6. The normalized spacial score (nSPS) is 16.1. The quantitative estimate of drug-likeness (QED) is 0.463. The molecule has 0 aromatic heterocycles.